The van der Waals surface area contributed by atoms with Crippen molar-refractivity contribution in [1.29, 1.82) is 0 Å². The van der Waals surface area contributed by atoms with Gasteiger partial charge in [0.05, 0.1) is 22.1 Å². The number of carboxylic acids is 1. The van der Waals surface area contributed by atoms with Crippen LogP contribution in [0.15, 0.2) is 29.2 Å². The predicted molar refractivity (Wildman–Crippen MR) is 116 cm³/mol. The summed E-state index contributed by atoms with van der Waals surface area (Å²) in [4.78, 5) is 25.0. The zero-order chi connectivity index (χ0) is 22.0. The van der Waals surface area contributed by atoms with E-state index >= 15 is 0 Å². The number of thiophene rings is 1. The van der Waals surface area contributed by atoms with Crippen molar-refractivity contribution < 1.29 is 27.9 Å². The Bertz CT molecular complexity index is 1090. The lowest BCUT2D eigenvalue weighted by molar-refractivity contribution is 0.0696. The number of carbonyl (C=O) groups excluding carboxylic acids is 1. The van der Waals surface area contributed by atoms with Gasteiger partial charge in [0, 0.05) is 18.0 Å². The van der Waals surface area contributed by atoms with Crippen molar-refractivity contribution in [2.24, 2.45) is 0 Å². The molecule has 0 saturated carbocycles. The Morgan fingerprint density at radius 1 is 1.13 bits per heavy atom. The summed E-state index contributed by atoms with van der Waals surface area (Å²) in [5.74, 6) is -1.43. The quantitative estimate of drug-likeness (QED) is 0.579. The first kappa shape index (κ1) is 21.8. The molecule has 1 amide bonds. The third-order valence-corrected chi connectivity index (χ3v) is 8.25. The van der Waals surface area contributed by atoms with Gasteiger partial charge in [-0.15, -0.1) is 11.3 Å². The van der Waals surface area contributed by atoms with Crippen molar-refractivity contribution >= 4 is 38.2 Å². The van der Waals surface area contributed by atoms with Crippen molar-refractivity contribution in [3.8, 4) is 0 Å². The molecular formula is C21H24N2O6S2. The summed E-state index contributed by atoms with van der Waals surface area (Å²) in [5, 5.41) is 12.2. The molecule has 0 radical (unpaired) electrons. The number of ether oxygens (including phenoxy) is 1. The Labute approximate surface area is 184 Å². The Morgan fingerprint density at radius 3 is 2.55 bits per heavy atom. The standard InChI is InChI=1S/C21H24N2O6S2/c24-19(22-12-14-4-3-11-29-14)18-16-5-1-2-6-17(16)30-20(18)23-31(27,28)15-9-7-13(8-10-15)21(25)26/h7-10,14,23H,1-6,11-12H2,(H,22,24)(H,25,26)/t14-/m1/s1. The number of benzene rings is 1. The van der Waals surface area contributed by atoms with Gasteiger partial charge in [0.2, 0.25) is 0 Å². The van der Waals surface area contributed by atoms with E-state index in [1.54, 1.807) is 0 Å². The molecule has 1 saturated heterocycles. The topological polar surface area (TPSA) is 122 Å². The van der Waals surface area contributed by atoms with Gasteiger partial charge in [-0.3, -0.25) is 9.52 Å². The van der Waals surface area contributed by atoms with Crippen LogP contribution in [0.1, 0.15) is 56.8 Å². The van der Waals surface area contributed by atoms with Gasteiger partial charge in [-0.2, -0.15) is 0 Å². The lowest BCUT2D eigenvalue weighted by Crippen LogP contribution is -2.32. The van der Waals surface area contributed by atoms with E-state index < -0.39 is 16.0 Å². The highest BCUT2D eigenvalue weighted by Gasteiger charge is 2.29. The highest BCUT2D eigenvalue weighted by Crippen LogP contribution is 2.39. The lowest BCUT2D eigenvalue weighted by atomic mass is 9.95. The summed E-state index contributed by atoms with van der Waals surface area (Å²) in [6.45, 7) is 1.09. The van der Waals surface area contributed by atoms with Gasteiger partial charge in [-0.1, -0.05) is 0 Å². The van der Waals surface area contributed by atoms with E-state index in [0.717, 1.165) is 49.0 Å². The first-order valence-electron chi connectivity index (χ1n) is 10.3. The van der Waals surface area contributed by atoms with Crippen LogP contribution < -0.4 is 10.0 Å². The molecule has 31 heavy (non-hydrogen) atoms. The summed E-state index contributed by atoms with van der Waals surface area (Å²) in [6, 6.07) is 4.98. The number of nitrogens with one attached hydrogen (secondary N) is 2. The molecule has 0 bridgehead atoms. The number of hydrogen-bond acceptors (Lipinski definition) is 6. The number of carbonyl (C=O) groups is 2. The van der Waals surface area contributed by atoms with Crippen LogP contribution in [-0.2, 0) is 27.6 Å². The minimum absolute atomic E-state index is 0.000244. The summed E-state index contributed by atoms with van der Waals surface area (Å²) in [6.07, 6.45) is 5.39. The van der Waals surface area contributed by atoms with Crippen LogP contribution in [-0.4, -0.2) is 44.7 Å². The lowest BCUT2D eigenvalue weighted by Gasteiger charge is -2.15. The van der Waals surface area contributed by atoms with Gasteiger partial charge in [0.25, 0.3) is 15.9 Å². The Kier molecular flexibility index (Phi) is 6.31. The first-order valence-corrected chi connectivity index (χ1v) is 12.6. The molecule has 8 nitrogen and oxygen atoms in total. The number of fused-ring (bicyclic) bond motifs is 1. The molecule has 166 valence electrons. The summed E-state index contributed by atoms with van der Waals surface area (Å²) in [5.41, 5.74) is 1.31. The summed E-state index contributed by atoms with van der Waals surface area (Å²) in [7, 11) is -3.98. The van der Waals surface area contributed by atoms with E-state index in [4.69, 9.17) is 9.84 Å². The van der Waals surface area contributed by atoms with Crippen LogP contribution in [0, 0.1) is 0 Å². The zero-order valence-electron chi connectivity index (χ0n) is 16.8. The molecule has 1 aliphatic heterocycles. The fourth-order valence-corrected chi connectivity index (χ4v) is 6.53. The van der Waals surface area contributed by atoms with Gasteiger partial charge in [-0.25, -0.2) is 13.2 Å². The smallest absolute Gasteiger partial charge is 0.335 e. The molecule has 1 aromatic heterocycles. The average molecular weight is 465 g/mol. The number of aryl methyl sites for hydroxylation is 1. The molecule has 1 aromatic carbocycles. The average Bonchev–Trinajstić information content (AvgIpc) is 3.39. The normalized spacial score (nSPS) is 18.4. The molecule has 1 fully saturated rings. The molecule has 3 N–H and O–H groups in total. The molecule has 4 rings (SSSR count). The van der Waals surface area contributed by atoms with Gasteiger partial charge in [0.1, 0.15) is 5.00 Å². The second-order valence-corrected chi connectivity index (χ2v) is 10.5. The van der Waals surface area contributed by atoms with Crippen molar-refractivity contribution in [2.45, 2.75) is 49.5 Å². The van der Waals surface area contributed by atoms with Crippen molar-refractivity contribution in [3.63, 3.8) is 0 Å². The Morgan fingerprint density at radius 2 is 1.87 bits per heavy atom. The fourth-order valence-electron chi connectivity index (χ4n) is 3.94. The maximum absolute atomic E-state index is 13.0. The monoisotopic (exact) mass is 464 g/mol. The van der Waals surface area contributed by atoms with Crippen LogP contribution in [0.2, 0.25) is 0 Å². The number of aromatic carboxylic acids is 1. The van der Waals surface area contributed by atoms with E-state index in [1.165, 1.54) is 35.6 Å². The molecular weight excluding hydrogens is 440 g/mol. The molecule has 0 unspecified atom stereocenters. The molecule has 2 aromatic rings. The van der Waals surface area contributed by atoms with Crippen LogP contribution in [0.25, 0.3) is 0 Å². The van der Waals surface area contributed by atoms with Crippen molar-refractivity contribution in [1.82, 2.24) is 5.32 Å². The fraction of sp³-hybridized carbons (Fsp3) is 0.429. The van der Waals surface area contributed by atoms with E-state index in [1.807, 2.05) is 0 Å². The Hall–Kier alpha value is -2.43. The largest absolute Gasteiger partial charge is 0.478 e. The van der Waals surface area contributed by atoms with Gasteiger partial charge >= 0.3 is 5.97 Å². The third kappa shape index (κ3) is 4.76. The highest BCUT2D eigenvalue weighted by atomic mass is 32.2. The van der Waals surface area contributed by atoms with E-state index in [9.17, 15) is 18.0 Å². The van der Waals surface area contributed by atoms with Crippen molar-refractivity contribution in [2.75, 3.05) is 17.9 Å². The number of rotatable bonds is 7. The van der Waals surface area contributed by atoms with E-state index in [-0.39, 0.29) is 22.5 Å². The Balaban J connectivity index is 1.60. The number of hydrogen-bond donors (Lipinski definition) is 3. The van der Waals surface area contributed by atoms with Crippen LogP contribution in [0.3, 0.4) is 0 Å². The van der Waals surface area contributed by atoms with Crippen molar-refractivity contribution in [3.05, 3.63) is 45.8 Å². The third-order valence-electron chi connectivity index (χ3n) is 5.55. The molecule has 1 aliphatic carbocycles. The molecule has 2 heterocycles. The highest BCUT2D eigenvalue weighted by molar-refractivity contribution is 7.93. The number of carboxylic acid groups (broad SMARTS) is 1. The van der Waals surface area contributed by atoms with Crippen LogP contribution >= 0.6 is 11.3 Å². The molecule has 2 aliphatic rings. The number of anilines is 1. The van der Waals surface area contributed by atoms with Gasteiger partial charge in [0.15, 0.2) is 0 Å². The first-order chi connectivity index (χ1) is 14.8. The van der Waals surface area contributed by atoms with Gasteiger partial charge in [-0.05, 0) is 68.4 Å². The number of sulfonamides is 1. The van der Waals surface area contributed by atoms with E-state index in [0.29, 0.717) is 23.7 Å². The number of amides is 1. The SMILES string of the molecule is O=C(O)c1ccc(S(=O)(=O)Nc2sc3c(c2C(=O)NC[C@H]2CCCO2)CCCC3)cc1. The minimum Gasteiger partial charge on any atom is -0.478 e. The summed E-state index contributed by atoms with van der Waals surface area (Å²) < 4.78 is 34.0. The van der Waals surface area contributed by atoms with Crippen LogP contribution in [0.4, 0.5) is 5.00 Å². The van der Waals surface area contributed by atoms with Crippen LogP contribution in [0.5, 0.6) is 0 Å². The predicted octanol–water partition coefficient (Wildman–Crippen LogP) is 3.03. The zero-order valence-corrected chi connectivity index (χ0v) is 18.5. The molecule has 0 spiro atoms. The second kappa shape index (κ2) is 8.97. The molecule has 10 heteroatoms. The molecule has 1 atom stereocenters. The van der Waals surface area contributed by atoms with E-state index in [2.05, 4.69) is 10.0 Å². The summed E-state index contributed by atoms with van der Waals surface area (Å²) >= 11 is 1.30. The maximum atomic E-state index is 13.0. The van der Waals surface area contributed by atoms with Gasteiger partial charge < -0.3 is 15.2 Å². The maximum Gasteiger partial charge on any atom is 0.335 e. The minimum atomic E-state index is -3.98. The second-order valence-electron chi connectivity index (χ2n) is 7.70.